The monoisotopic (exact) mass is 238 g/mol. The Hall–Kier alpha value is -0.0800. The molecule has 2 aliphatic rings. The van der Waals surface area contributed by atoms with Crippen molar-refractivity contribution in [3.63, 3.8) is 0 Å². The maximum Gasteiger partial charge on any atom is 0.00724 e. The summed E-state index contributed by atoms with van der Waals surface area (Å²) in [6.45, 7) is 6.90. The van der Waals surface area contributed by atoms with Crippen LogP contribution in [0.4, 0.5) is 0 Å². The molecular weight excluding hydrogens is 208 g/mol. The van der Waals surface area contributed by atoms with Crippen molar-refractivity contribution in [1.82, 2.24) is 5.32 Å². The van der Waals surface area contributed by atoms with E-state index < -0.39 is 0 Å². The molecule has 0 saturated heterocycles. The highest BCUT2D eigenvalue weighted by Gasteiger charge is 2.31. The summed E-state index contributed by atoms with van der Waals surface area (Å²) in [4.78, 5) is 0. The van der Waals surface area contributed by atoms with Gasteiger partial charge in [-0.05, 0) is 62.4 Å². The third kappa shape index (κ3) is 3.69. The molecule has 0 heterocycles. The van der Waals surface area contributed by atoms with Crippen molar-refractivity contribution in [3.8, 4) is 0 Å². The molecule has 2 heteroatoms. The van der Waals surface area contributed by atoms with Gasteiger partial charge in [0, 0.05) is 6.04 Å². The van der Waals surface area contributed by atoms with E-state index in [-0.39, 0.29) is 0 Å². The molecule has 0 aromatic heterocycles. The maximum atomic E-state index is 5.89. The molecule has 0 aliphatic heterocycles. The van der Waals surface area contributed by atoms with E-state index in [1.165, 1.54) is 51.5 Å². The second kappa shape index (κ2) is 5.71. The minimum Gasteiger partial charge on any atom is -0.330 e. The molecule has 0 aromatic carbocycles. The standard InChI is InChI=1S/C15H30N2/c1-15(2)8-7-14(9-15)17-11-13-6-4-3-5-12(13)10-16/h12-14,17H,3-11,16H2,1-2H3. The molecule has 100 valence electrons. The summed E-state index contributed by atoms with van der Waals surface area (Å²) in [5, 5.41) is 3.82. The fraction of sp³-hybridized carbons (Fsp3) is 1.00. The summed E-state index contributed by atoms with van der Waals surface area (Å²) < 4.78 is 0. The molecule has 17 heavy (non-hydrogen) atoms. The highest BCUT2D eigenvalue weighted by atomic mass is 14.9. The lowest BCUT2D eigenvalue weighted by Gasteiger charge is -2.32. The van der Waals surface area contributed by atoms with Gasteiger partial charge in [0.1, 0.15) is 0 Å². The zero-order valence-corrected chi connectivity index (χ0v) is 11.7. The van der Waals surface area contributed by atoms with Crippen LogP contribution in [-0.2, 0) is 0 Å². The first-order valence-electron chi connectivity index (χ1n) is 7.54. The minimum absolute atomic E-state index is 0.567. The van der Waals surface area contributed by atoms with Gasteiger partial charge < -0.3 is 11.1 Å². The third-order valence-corrected chi connectivity index (χ3v) is 5.01. The van der Waals surface area contributed by atoms with E-state index >= 15 is 0 Å². The van der Waals surface area contributed by atoms with Crippen molar-refractivity contribution >= 4 is 0 Å². The summed E-state index contributed by atoms with van der Waals surface area (Å²) in [5.74, 6) is 1.63. The van der Waals surface area contributed by atoms with Gasteiger partial charge in [0.05, 0.1) is 0 Å². The van der Waals surface area contributed by atoms with Crippen LogP contribution in [-0.4, -0.2) is 19.1 Å². The van der Waals surface area contributed by atoms with E-state index in [4.69, 9.17) is 5.73 Å². The SMILES string of the molecule is CC1(C)CCC(NCC2CCCCC2CN)C1. The number of hydrogen-bond acceptors (Lipinski definition) is 2. The molecule has 0 spiro atoms. The quantitative estimate of drug-likeness (QED) is 0.790. The van der Waals surface area contributed by atoms with Crippen LogP contribution in [0, 0.1) is 17.3 Å². The molecule has 2 saturated carbocycles. The number of nitrogens with one attached hydrogen (secondary N) is 1. The Morgan fingerprint density at radius 2 is 1.82 bits per heavy atom. The highest BCUT2D eigenvalue weighted by molar-refractivity contribution is 4.87. The maximum absolute atomic E-state index is 5.89. The van der Waals surface area contributed by atoms with Crippen molar-refractivity contribution in [2.24, 2.45) is 23.0 Å². The molecule has 0 radical (unpaired) electrons. The lowest BCUT2D eigenvalue weighted by atomic mass is 9.79. The van der Waals surface area contributed by atoms with Gasteiger partial charge >= 0.3 is 0 Å². The van der Waals surface area contributed by atoms with Crippen LogP contribution in [0.3, 0.4) is 0 Å². The Morgan fingerprint density at radius 3 is 2.41 bits per heavy atom. The normalized spacial score (nSPS) is 37.2. The summed E-state index contributed by atoms with van der Waals surface area (Å²) >= 11 is 0. The van der Waals surface area contributed by atoms with Gasteiger partial charge in [-0.3, -0.25) is 0 Å². The van der Waals surface area contributed by atoms with Gasteiger partial charge in [0.15, 0.2) is 0 Å². The smallest absolute Gasteiger partial charge is 0.00724 e. The summed E-state index contributed by atoms with van der Waals surface area (Å²) in [7, 11) is 0. The van der Waals surface area contributed by atoms with Gasteiger partial charge in [0.2, 0.25) is 0 Å². The van der Waals surface area contributed by atoms with Crippen molar-refractivity contribution < 1.29 is 0 Å². The fourth-order valence-corrected chi connectivity index (χ4v) is 3.79. The predicted molar refractivity (Wildman–Crippen MR) is 73.9 cm³/mol. The van der Waals surface area contributed by atoms with Crippen LogP contribution >= 0.6 is 0 Å². The molecule has 2 aliphatic carbocycles. The van der Waals surface area contributed by atoms with E-state index in [0.29, 0.717) is 5.41 Å². The lowest BCUT2D eigenvalue weighted by Crippen LogP contribution is -2.38. The molecule has 3 unspecified atom stereocenters. The van der Waals surface area contributed by atoms with Gasteiger partial charge in [-0.25, -0.2) is 0 Å². The summed E-state index contributed by atoms with van der Waals surface area (Å²) in [5.41, 5.74) is 6.46. The molecule has 0 bridgehead atoms. The Labute approximate surface area is 107 Å². The second-order valence-electron chi connectivity index (χ2n) is 7.05. The zero-order chi connectivity index (χ0) is 12.3. The Bertz CT molecular complexity index is 237. The number of hydrogen-bond donors (Lipinski definition) is 2. The minimum atomic E-state index is 0.567. The molecule has 0 amide bonds. The average molecular weight is 238 g/mol. The third-order valence-electron chi connectivity index (χ3n) is 5.01. The van der Waals surface area contributed by atoms with E-state index in [0.717, 1.165) is 24.4 Å². The van der Waals surface area contributed by atoms with E-state index in [1.54, 1.807) is 0 Å². The second-order valence-corrected chi connectivity index (χ2v) is 7.05. The van der Waals surface area contributed by atoms with E-state index in [9.17, 15) is 0 Å². The van der Waals surface area contributed by atoms with Crippen molar-refractivity contribution in [1.29, 1.82) is 0 Å². The zero-order valence-electron chi connectivity index (χ0n) is 11.7. The first kappa shape index (κ1) is 13.4. The first-order valence-corrected chi connectivity index (χ1v) is 7.54. The highest BCUT2D eigenvalue weighted by Crippen LogP contribution is 2.37. The summed E-state index contributed by atoms with van der Waals surface area (Å²) in [6.07, 6.45) is 9.67. The average Bonchev–Trinajstić information content (AvgIpc) is 2.67. The van der Waals surface area contributed by atoms with Crippen LogP contribution in [0.2, 0.25) is 0 Å². The van der Waals surface area contributed by atoms with Gasteiger partial charge in [0.25, 0.3) is 0 Å². The largest absolute Gasteiger partial charge is 0.330 e. The fourth-order valence-electron chi connectivity index (χ4n) is 3.79. The van der Waals surface area contributed by atoms with Crippen LogP contribution in [0.25, 0.3) is 0 Å². The van der Waals surface area contributed by atoms with Crippen molar-refractivity contribution in [2.75, 3.05) is 13.1 Å². The van der Waals surface area contributed by atoms with Crippen LogP contribution in [0.5, 0.6) is 0 Å². The van der Waals surface area contributed by atoms with E-state index in [2.05, 4.69) is 19.2 Å². The van der Waals surface area contributed by atoms with Crippen molar-refractivity contribution in [2.45, 2.75) is 64.8 Å². The molecule has 3 atom stereocenters. The van der Waals surface area contributed by atoms with Crippen LogP contribution in [0.1, 0.15) is 58.8 Å². The lowest BCUT2D eigenvalue weighted by molar-refractivity contribution is 0.227. The van der Waals surface area contributed by atoms with Crippen LogP contribution < -0.4 is 11.1 Å². The van der Waals surface area contributed by atoms with Crippen LogP contribution in [0.15, 0.2) is 0 Å². The van der Waals surface area contributed by atoms with Gasteiger partial charge in [-0.1, -0.05) is 26.7 Å². The topological polar surface area (TPSA) is 38.0 Å². The van der Waals surface area contributed by atoms with Gasteiger partial charge in [-0.2, -0.15) is 0 Å². The number of rotatable bonds is 4. The van der Waals surface area contributed by atoms with Gasteiger partial charge in [-0.15, -0.1) is 0 Å². The molecule has 2 rings (SSSR count). The predicted octanol–water partition coefficient (Wildman–Crippen LogP) is 2.92. The number of nitrogens with two attached hydrogens (primary N) is 1. The summed E-state index contributed by atoms with van der Waals surface area (Å²) in [6, 6.07) is 0.769. The molecular formula is C15H30N2. The Morgan fingerprint density at radius 1 is 1.12 bits per heavy atom. The molecule has 3 N–H and O–H groups in total. The first-order chi connectivity index (χ1) is 8.11. The Balaban J connectivity index is 1.74. The van der Waals surface area contributed by atoms with Crippen molar-refractivity contribution in [3.05, 3.63) is 0 Å². The molecule has 2 fully saturated rings. The Kier molecular flexibility index (Phi) is 4.48. The van der Waals surface area contributed by atoms with E-state index in [1.807, 2.05) is 0 Å². The molecule has 2 nitrogen and oxygen atoms in total. The molecule has 0 aromatic rings.